The van der Waals surface area contributed by atoms with Gasteiger partial charge in [-0.3, -0.25) is 14.4 Å². The van der Waals surface area contributed by atoms with Gasteiger partial charge in [-0.25, -0.2) is 0 Å². The highest BCUT2D eigenvalue weighted by atomic mass is 16.5. The zero-order chi connectivity index (χ0) is 22.3. The Labute approximate surface area is 176 Å². The maximum Gasteiger partial charge on any atom is 0.325 e. The lowest BCUT2D eigenvalue weighted by atomic mass is 9.87. The molecule has 2 rings (SSSR count). The van der Waals surface area contributed by atoms with Gasteiger partial charge >= 0.3 is 5.97 Å². The number of nitrogens with one attached hydrogen (secondary N) is 2. The summed E-state index contributed by atoms with van der Waals surface area (Å²) < 4.78 is 10.3. The lowest BCUT2D eigenvalue weighted by Crippen LogP contribution is -2.31. The second-order valence-corrected chi connectivity index (χ2v) is 7.87. The zero-order valence-electron chi connectivity index (χ0n) is 17.9. The monoisotopic (exact) mass is 412 g/mol. The summed E-state index contributed by atoms with van der Waals surface area (Å²) >= 11 is 0. The summed E-state index contributed by atoms with van der Waals surface area (Å²) in [5.74, 6) is -0.724. The van der Waals surface area contributed by atoms with Crippen LogP contribution in [0.15, 0.2) is 48.5 Å². The smallest absolute Gasteiger partial charge is 0.325 e. The first-order chi connectivity index (χ1) is 14.1. The van der Waals surface area contributed by atoms with E-state index in [1.54, 1.807) is 25.1 Å². The van der Waals surface area contributed by atoms with E-state index in [1.165, 1.54) is 13.2 Å². The van der Waals surface area contributed by atoms with E-state index in [9.17, 15) is 14.4 Å². The van der Waals surface area contributed by atoms with Gasteiger partial charge in [-0.2, -0.15) is 0 Å². The highest BCUT2D eigenvalue weighted by molar-refractivity contribution is 5.99. The zero-order valence-corrected chi connectivity index (χ0v) is 17.9. The predicted molar refractivity (Wildman–Crippen MR) is 115 cm³/mol. The molecule has 1 atom stereocenters. The average molecular weight is 412 g/mol. The molecule has 2 amide bonds. The Morgan fingerprint density at radius 3 is 2.40 bits per heavy atom. The second kappa shape index (κ2) is 9.91. The fraction of sp³-hybridized carbons (Fsp3) is 0.348. The third-order valence-corrected chi connectivity index (χ3v) is 4.40. The van der Waals surface area contributed by atoms with Gasteiger partial charge in [0, 0.05) is 11.3 Å². The maximum absolute atomic E-state index is 12.5. The molecule has 1 unspecified atom stereocenters. The molecule has 7 nitrogen and oxygen atoms in total. The van der Waals surface area contributed by atoms with E-state index in [-0.39, 0.29) is 17.9 Å². The number of ether oxygens (including phenoxy) is 2. The van der Waals surface area contributed by atoms with E-state index in [2.05, 4.69) is 36.1 Å². The van der Waals surface area contributed by atoms with Gasteiger partial charge in [0.2, 0.25) is 0 Å². The molecule has 2 aromatic rings. The van der Waals surface area contributed by atoms with Crippen LogP contribution in [-0.4, -0.2) is 37.5 Å². The minimum atomic E-state index is -0.739. The Hall–Kier alpha value is -3.35. The van der Waals surface area contributed by atoms with Crippen molar-refractivity contribution in [1.82, 2.24) is 5.32 Å². The van der Waals surface area contributed by atoms with E-state index in [0.29, 0.717) is 17.0 Å². The Balaban J connectivity index is 2.00. The Morgan fingerprint density at radius 2 is 1.73 bits per heavy atom. The fourth-order valence-corrected chi connectivity index (χ4v) is 2.60. The van der Waals surface area contributed by atoms with Crippen molar-refractivity contribution in [3.05, 3.63) is 59.7 Å². The molecule has 0 fully saturated rings. The third-order valence-electron chi connectivity index (χ3n) is 4.40. The van der Waals surface area contributed by atoms with Crippen LogP contribution in [0.1, 0.15) is 43.6 Å². The molecule has 0 aliphatic rings. The van der Waals surface area contributed by atoms with Gasteiger partial charge in [-0.15, -0.1) is 0 Å². The van der Waals surface area contributed by atoms with Crippen LogP contribution in [0.3, 0.4) is 0 Å². The largest absolute Gasteiger partial charge is 0.481 e. The molecule has 7 heteroatoms. The maximum atomic E-state index is 12.5. The van der Waals surface area contributed by atoms with Crippen molar-refractivity contribution in [2.45, 2.75) is 39.2 Å². The molecular weight excluding hydrogens is 384 g/mol. The first-order valence-corrected chi connectivity index (χ1v) is 9.63. The summed E-state index contributed by atoms with van der Waals surface area (Å²) in [5, 5.41) is 5.19. The van der Waals surface area contributed by atoms with Gasteiger partial charge in [0.05, 0.1) is 7.11 Å². The van der Waals surface area contributed by atoms with Crippen LogP contribution in [0, 0.1) is 0 Å². The molecule has 0 aliphatic carbocycles. The van der Waals surface area contributed by atoms with Gasteiger partial charge in [-0.05, 0) is 48.2 Å². The highest BCUT2D eigenvalue weighted by Crippen LogP contribution is 2.26. The SMILES string of the molecule is COC(=O)CNC(=O)c1cccc(NC(=O)C(C)Oc2cccc(C(C)(C)C)c2)c1. The molecule has 30 heavy (non-hydrogen) atoms. The van der Waals surface area contributed by atoms with E-state index < -0.39 is 18.0 Å². The lowest BCUT2D eigenvalue weighted by Gasteiger charge is -2.21. The fourth-order valence-electron chi connectivity index (χ4n) is 2.60. The number of amides is 2. The first kappa shape index (κ1) is 22.9. The lowest BCUT2D eigenvalue weighted by molar-refractivity contribution is -0.139. The summed E-state index contributed by atoms with van der Waals surface area (Å²) in [6, 6.07) is 14.1. The van der Waals surface area contributed by atoms with Crippen molar-refractivity contribution >= 4 is 23.5 Å². The van der Waals surface area contributed by atoms with E-state index in [0.717, 1.165) is 5.56 Å². The van der Waals surface area contributed by atoms with Crippen LogP contribution in [0.25, 0.3) is 0 Å². The molecular formula is C23H28N2O5. The molecule has 160 valence electrons. The Morgan fingerprint density at radius 1 is 1.03 bits per heavy atom. The number of carbonyl (C=O) groups is 3. The Kier molecular flexibility index (Phi) is 7.58. The number of esters is 1. The minimum absolute atomic E-state index is 0.0280. The van der Waals surface area contributed by atoms with Crippen molar-refractivity contribution in [3.8, 4) is 5.75 Å². The molecule has 2 N–H and O–H groups in total. The molecule has 0 saturated carbocycles. The third kappa shape index (κ3) is 6.62. The van der Waals surface area contributed by atoms with Gasteiger partial charge in [0.25, 0.3) is 11.8 Å². The van der Waals surface area contributed by atoms with Crippen molar-refractivity contribution in [3.63, 3.8) is 0 Å². The molecule has 0 aliphatic heterocycles. The minimum Gasteiger partial charge on any atom is -0.481 e. The molecule has 0 heterocycles. The van der Waals surface area contributed by atoms with Crippen LogP contribution >= 0.6 is 0 Å². The van der Waals surface area contributed by atoms with Gasteiger partial charge in [0.15, 0.2) is 6.10 Å². The normalized spacial score (nSPS) is 11.9. The molecule has 0 spiro atoms. The summed E-state index contributed by atoms with van der Waals surface area (Å²) in [4.78, 5) is 35.8. The van der Waals surface area contributed by atoms with E-state index >= 15 is 0 Å². The summed E-state index contributed by atoms with van der Waals surface area (Å²) in [7, 11) is 1.24. The average Bonchev–Trinajstić information content (AvgIpc) is 2.71. The number of benzene rings is 2. The van der Waals surface area contributed by atoms with Crippen LogP contribution in [0.5, 0.6) is 5.75 Å². The molecule has 0 aromatic heterocycles. The summed E-state index contributed by atoms with van der Waals surface area (Å²) in [5.41, 5.74) is 1.84. The molecule has 2 aromatic carbocycles. The highest BCUT2D eigenvalue weighted by Gasteiger charge is 2.18. The molecule has 0 saturated heterocycles. The van der Waals surface area contributed by atoms with Crippen LogP contribution in [-0.2, 0) is 19.7 Å². The summed E-state index contributed by atoms with van der Waals surface area (Å²) in [6.45, 7) is 7.75. The number of hydrogen-bond acceptors (Lipinski definition) is 5. The van der Waals surface area contributed by atoms with Gasteiger partial charge < -0.3 is 20.1 Å². The second-order valence-electron chi connectivity index (χ2n) is 7.87. The van der Waals surface area contributed by atoms with Crippen LogP contribution in [0.4, 0.5) is 5.69 Å². The standard InChI is InChI=1S/C23H28N2O5/c1-15(30-19-11-7-9-17(13-19)23(2,3)4)21(27)25-18-10-6-8-16(12-18)22(28)24-14-20(26)29-5/h6-13,15H,14H2,1-5H3,(H,24,28)(H,25,27). The quantitative estimate of drug-likeness (QED) is 0.681. The van der Waals surface area contributed by atoms with Crippen molar-refractivity contribution in [2.75, 3.05) is 19.0 Å². The number of hydrogen-bond donors (Lipinski definition) is 2. The Bertz CT molecular complexity index is 918. The van der Waals surface area contributed by atoms with Crippen molar-refractivity contribution in [2.24, 2.45) is 0 Å². The molecule has 0 radical (unpaired) electrons. The topological polar surface area (TPSA) is 93.7 Å². The number of rotatable bonds is 7. The van der Waals surface area contributed by atoms with Crippen molar-refractivity contribution < 1.29 is 23.9 Å². The van der Waals surface area contributed by atoms with E-state index in [4.69, 9.17) is 4.74 Å². The number of carbonyl (C=O) groups excluding carboxylic acids is 3. The van der Waals surface area contributed by atoms with E-state index in [1.807, 2.05) is 24.3 Å². The molecule has 0 bridgehead atoms. The van der Waals surface area contributed by atoms with Crippen molar-refractivity contribution in [1.29, 1.82) is 0 Å². The van der Waals surface area contributed by atoms with Crippen LogP contribution in [0.2, 0.25) is 0 Å². The first-order valence-electron chi connectivity index (χ1n) is 9.63. The number of methoxy groups -OCH3 is 1. The van der Waals surface area contributed by atoms with Gasteiger partial charge in [-0.1, -0.05) is 39.0 Å². The van der Waals surface area contributed by atoms with Gasteiger partial charge in [0.1, 0.15) is 12.3 Å². The van der Waals surface area contributed by atoms with Crippen LogP contribution < -0.4 is 15.4 Å². The predicted octanol–water partition coefficient (Wildman–Crippen LogP) is 3.29. The number of anilines is 1. The summed E-state index contributed by atoms with van der Waals surface area (Å²) in [6.07, 6.45) is -0.739.